The van der Waals surface area contributed by atoms with E-state index in [-0.39, 0.29) is 0 Å². The Kier molecular flexibility index (Phi) is 7.99. The lowest BCUT2D eigenvalue weighted by molar-refractivity contribution is 0.0426. The second-order valence-electron chi connectivity index (χ2n) is 10.5. The molecule has 2 aliphatic heterocycles. The van der Waals surface area contributed by atoms with E-state index in [2.05, 4.69) is 82.3 Å². The Hall–Kier alpha value is -3.85. The van der Waals surface area contributed by atoms with Gasteiger partial charge in [0, 0.05) is 68.8 Å². The van der Waals surface area contributed by atoms with Crippen molar-refractivity contribution in [1.29, 1.82) is 0 Å². The molecule has 3 aliphatic rings. The van der Waals surface area contributed by atoms with Crippen molar-refractivity contribution in [3.63, 3.8) is 0 Å². The van der Waals surface area contributed by atoms with E-state index in [9.17, 15) is 0 Å². The lowest BCUT2D eigenvalue weighted by Gasteiger charge is -2.29. The van der Waals surface area contributed by atoms with Gasteiger partial charge in [0.2, 0.25) is 0 Å². The van der Waals surface area contributed by atoms with Crippen molar-refractivity contribution in [2.24, 2.45) is 4.99 Å². The molecule has 0 bridgehead atoms. The predicted molar refractivity (Wildman–Crippen MR) is 163 cm³/mol. The number of hydrogen-bond acceptors (Lipinski definition) is 7. The molecule has 3 aromatic rings. The van der Waals surface area contributed by atoms with Crippen molar-refractivity contribution in [2.45, 2.75) is 13.3 Å². The normalized spacial score (nSPS) is 19.8. The van der Waals surface area contributed by atoms with Gasteiger partial charge in [-0.3, -0.25) is 9.89 Å². The van der Waals surface area contributed by atoms with Gasteiger partial charge < -0.3 is 15.0 Å². The number of morpholine rings is 1. The van der Waals surface area contributed by atoms with Crippen molar-refractivity contribution in [3.05, 3.63) is 89.6 Å². The number of aliphatic imine (C=N–C) groups is 1. The summed E-state index contributed by atoms with van der Waals surface area (Å²) in [5, 5.41) is 8.42. The third-order valence-electron chi connectivity index (χ3n) is 7.90. The van der Waals surface area contributed by atoms with E-state index in [0.29, 0.717) is 0 Å². The molecule has 2 aromatic heterocycles. The number of piperazine rings is 1. The van der Waals surface area contributed by atoms with Crippen molar-refractivity contribution < 1.29 is 4.74 Å². The number of allylic oxidation sites excluding steroid dienone is 5. The maximum atomic E-state index is 5.49. The highest BCUT2D eigenvalue weighted by Gasteiger charge is 2.17. The Morgan fingerprint density at radius 2 is 1.90 bits per heavy atom. The highest BCUT2D eigenvalue weighted by Crippen LogP contribution is 2.31. The smallest absolute Gasteiger partial charge is 0.154 e. The zero-order valence-electron chi connectivity index (χ0n) is 23.2. The average molecular weight is 536 g/mol. The quantitative estimate of drug-likeness (QED) is 0.455. The fourth-order valence-electron chi connectivity index (χ4n) is 5.66. The standard InChI is InChI=1S/C32H37N7O/c1-24-30(27-7-9-28(10-8-27)38-15-13-34-14-16-38)21-32-35-22-31(39(32)36-24)29(11-12-33-2)26-5-3-25(4-6-26)23-37-17-19-40-20-18-37/h3-5,7-12,21-22,34H,2,6,13-20,23H2,1H3/b12-11-,29-26+. The molecule has 1 N–H and O–H groups in total. The number of aryl methyl sites for hydroxylation is 1. The number of ether oxygens (including phenoxy) is 1. The molecular formula is C32H37N7O. The van der Waals surface area contributed by atoms with Crippen LogP contribution < -0.4 is 10.2 Å². The molecule has 2 fully saturated rings. The van der Waals surface area contributed by atoms with Crippen LogP contribution >= 0.6 is 0 Å². The second-order valence-corrected chi connectivity index (χ2v) is 10.5. The summed E-state index contributed by atoms with van der Waals surface area (Å²) in [6.07, 6.45) is 13.3. The Bertz CT molecular complexity index is 1480. The summed E-state index contributed by atoms with van der Waals surface area (Å²) in [7, 11) is 0. The average Bonchev–Trinajstić information content (AvgIpc) is 3.41. The van der Waals surface area contributed by atoms with Crippen LogP contribution in [0.5, 0.6) is 0 Å². The lowest BCUT2D eigenvalue weighted by Crippen LogP contribution is -2.43. The number of nitrogens with one attached hydrogen (secondary N) is 1. The molecule has 0 atom stereocenters. The Labute approximate surface area is 236 Å². The van der Waals surface area contributed by atoms with E-state index in [0.717, 1.165) is 99.2 Å². The Balaban J connectivity index is 1.27. The molecule has 0 spiro atoms. The molecule has 2 saturated heterocycles. The largest absolute Gasteiger partial charge is 0.379 e. The van der Waals surface area contributed by atoms with Gasteiger partial charge in [0.1, 0.15) is 0 Å². The topological polar surface area (TPSA) is 70.3 Å². The molecule has 1 aliphatic carbocycles. The molecule has 40 heavy (non-hydrogen) atoms. The second kappa shape index (κ2) is 12.1. The van der Waals surface area contributed by atoms with Gasteiger partial charge in [-0.2, -0.15) is 5.10 Å². The van der Waals surface area contributed by atoms with Crippen LogP contribution in [0.4, 0.5) is 5.69 Å². The van der Waals surface area contributed by atoms with Gasteiger partial charge in [0.25, 0.3) is 0 Å². The van der Waals surface area contributed by atoms with Gasteiger partial charge >= 0.3 is 0 Å². The summed E-state index contributed by atoms with van der Waals surface area (Å²) in [5.41, 5.74) is 9.85. The maximum Gasteiger partial charge on any atom is 0.154 e. The fourth-order valence-corrected chi connectivity index (χ4v) is 5.66. The molecule has 0 amide bonds. The van der Waals surface area contributed by atoms with Gasteiger partial charge in [-0.05, 0) is 61.0 Å². The number of rotatable bonds is 7. The summed E-state index contributed by atoms with van der Waals surface area (Å²) >= 11 is 0. The monoisotopic (exact) mass is 535 g/mol. The zero-order valence-corrected chi connectivity index (χ0v) is 23.2. The first-order valence-electron chi connectivity index (χ1n) is 14.1. The summed E-state index contributed by atoms with van der Waals surface area (Å²) in [5.74, 6) is 0. The zero-order chi connectivity index (χ0) is 27.3. The number of fused-ring (bicyclic) bond motifs is 1. The van der Waals surface area contributed by atoms with Gasteiger partial charge in [-0.15, -0.1) is 0 Å². The van der Waals surface area contributed by atoms with Crippen molar-refractivity contribution in [2.75, 3.05) is 63.9 Å². The Morgan fingerprint density at radius 1 is 1.10 bits per heavy atom. The van der Waals surface area contributed by atoms with E-state index >= 15 is 0 Å². The molecule has 206 valence electrons. The summed E-state index contributed by atoms with van der Waals surface area (Å²) in [4.78, 5) is 13.6. The van der Waals surface area contributed by atoms with E-state index in [4.69, 9.17) is 14.8 Å². The third-order valence-corrected chi connectivity index (χ3v) is 7.90. The molecule has 8 heteroatoms. The molecular weight excluding hydrogens is 498 g/mol. The molecule has 0 radical (unpaired) electrons. The number of hydrogen-bond donors (Lipinski definition) is 1. The van der Waals surface area contributed by atoms with E-state index < -0.39 is 0 Å². The highest BCUT2D eigenvalue weighted by atomic mass is 16.5. The predicted octanol–water partition coefficient (Wildman–Crippen LogP) is 4.30. The van der Waals surface area contributed by atoms with E-state index in [1.165, 1.54) is 16.8 Å². The molecule has 8 nitrogen and oxygen atoms in total. The van der Waals surface area contributed by atoms with Crippen molar-refractivity contribution >= 4 is 23.6 Å². The first-order valence-corrected chi connectivity index (χ1v) is 14.1. The number of benzene rings is 1. The number of aromatic nitrogens is 3. The SMILES string of the molecule is C=N/C=C\C(=C1\C=CC(CN2CCOCC2)=CC1)c1cnc2cc(-c3ccc(N4CCNCC4)cc3)c(C)nn12. The fraction of sp³-hybridized carbons (Fsp3) is 0.344. The summed E-state index contributed by atoms with van der Waals surface area (Å²) in [6.45, 7) is 14.4. The minimum atomic E-state index is 0.815. The first-order chi connectivity index (χ1) is 19.7. The van der Waals surface area contributed by atoms with Crippen LogP contribution in [0, 0.1) is 6.92 Å². The van der Waals surface area contributed by atoms with Crippen LogP contribution in [-0.4, -0.2) is 85.2 Å². The Morgan fingerprint density at radius 3 is 2.62 bits per heavy atom. The lowest BCUT2D eigenvalue weighted by atomic mass is 9.95. The van der Waals surface area contributed by atoms with Crippen LogP contribution in [0.25, 0.3) is 22.3 Å². The van der Waals surface area contributed by atoms with Crippen LogP contribution in [-0.2, 0) is 4.74 Å². The minimum absolute atomic E-state index is 0.815. The minimum Gasteiger partial charge on any atom is -0.379 e. The molecule has 0 unspecified atom stereocenters. The third kappa shape index (κ3) is 5.70. The maximum absolute atomic E-state index is 5.49. The van der Waals surface area contributed by atoms with Gasteiger partial charge in [-0.1, -0.05) is 30.4 Å². The summed E-state index contributed by atoms with van der Waals surface area (Å²) in [6, 6.07) is 11.0. The molecule has 0 saturated carbocycles. The summed E-state index contributed by atoms with van der Waals surface area (Å²) < 4.78 is 7.44. The highest BCUT2D eigenvalue weighted by molar-refractivity contribution is 5.79. The number of imidazole rings is 1. The van der Waals surface area contributed by atoms with Crippen LogP contribution in [0.15, 0.2) is 83.2 Å². The van der Waals surface area contributed by atoms with Crippen molar-refractivity contribution in [1.82, 2.24) is 24.8 Å². The van der Waals surface area contributed by atoms with Crippen LogP contribution in [0.2, 0.25) is 0 Å². The van der Waals surface area contributed by atoms with Gasteiger partial charge in [0.05, 0.1) is 30.8 Å². The van der Waals surface area contributed by atoms with Crippen LogP contribution in [0.3, 0.4) is 0 Å². The molecule has 1 aromatic carbocycles. The number of nitrogens with zero attached hydrogens (tertiary/aromatic N) is 6. The van der Waals surface area contributed by atoms with Crippen molar-refractivity contribution in [3.8, 4) is 11.1 Å². The first kappa shape index (κ1) is 26.4. The molecule has 6 rings (SSSR count). The number of anilines is 1. The van der Waals surface area contributed by atoms with Gasteiger partial charge in [-0.25, -0.2) is 9.50 Å². The van der Waals surface area contributed by atoms with Gasteiger partial charge in [0.15, 0.2) is 5.65 Å². The molecule has 4 heterocycles. The van der Waals surface area contributed by atoms with E-state index in [1.54, 1.807) is 6.20 Å². The van der Waals surface area contributed by atoms with E-state index in [1.807, 2.05) is 16.8 Å². The van der Waals surface area contributed by atoms with Crippen LogP contribution in [0.1, 0.15) is 17.8 Å².